The Hall–Kier alpha value is -1.84. The van der Waals surface area contributed by atoms with Crippen LogP contribution in [-0.4, -0.2) is 12.0 Å². The lowest BCUT2D eigenvalue weighted by molar-refractivity contribution is 0.620. The van der Waals surface area contributed by atoms with Crippen LogP contribution in [0.5, 0.6) is 0 Å². The molecule has 3 nitrogen and oxygen atoms in total. The summed E-state index contributed by atoms with van der Waals surface area (Å²) in [5.41, 5.74) is 8.32. The van der Waals surface area contributed by atoms with Gasteiger partial charge < -0.3 is 11.1 Å². The third kappa shape index (κ3) is 1.38. The summed E-state index contributed by atoms with van der Waals surface area (Å²) in [6.07, 6.45) is 1.54. The summed E-state index contributed by atoms with van der Waals surface area (Å²) in [5, 5.41) is 3.84. The maximum atomic E-state index is 13.3. The number of fused-ring (bicyclic) bond motifs is 1. The molecule has 2 rings (SSSR count). The van der Waals surface area contributed by atoms with Gasteiger partial charge in [0.1, 0.15) is 5.82 Å². The second kappa shape index (κ2) is 3.38. The Balaban J connectivity index is 2.89. The second-order valence-electron chi connectivity index (χ2n) is 3.41. The van der Waals surface area contributed by atoms with Gasteiger partial charge in [0.2, 0.25) is 0 Å². The maximum Gasteiger partial charge on any atom is 0.128 e. The molecule has 0 aliphatic heterocycles. The van der Waals surface area contributed by atoms with Crippen molar-refractivity contribution in [2.45, 2.75) is 6.92 Å². The summed E-state index contributed by atoms with van der Waals surface area (Å²) in [5.74, 6) is -0.248. The molecule has 78 valence electrons. The zero-order valence-electron chi connectivity index (χ0n) is 8.63. The van der Waals surface area contributed by atoms with Crippen molar-refractivity contribution in [1.29, 1.82) is 0 Å². The average molecular weight is 205 g/mol. The maximum absolute atomic E-state index is 13.3. The first-order valence-electron chi connectivity index (χ1n) is 4.66. The van der Waals surface area contributed by atoms with Crippen LogP contribution in [0.15, 0.2) is 18.3 Å². The van der Waals surface area contributed by atoms with Gasteiger partial charge in [-0.1, -0.05) is 0 Å². The molecule has 0 atom stereocenters. The molecule has 0 saturated heterocycles. The van der Waals surface area contributed by atoms with Crippen molar-refractivity contribution in [2.75, 3.05) is 18.1 Å². The summed E-state index contributed by atoms with van der Waals surface area (Å²) < 4.78 is 13.3. The highest BCUT2D eigenvalue weighted by atomic mass is 19.1. The standard InChI is InChI=1S/C11H12FN3/c1-6-8(12)4-3-7-10(6)15-5-9(13)11(7)14-2/h3-5H,13H2,1-2H3,(H,14,15). The summed E-state index contributed by atoms with van der Waals surface area (Å²) in [7, 11) is 1.78. The van der Waals surface area contributed by atoms with Gasteiger partial charge in [0.05, 0.1) is 23.1 Å². The Kier molecular flexibility index (Phi) is 2.19. The van der Waals surface area contributed by atoms with Crippen molar-refractivity contribution in [3.63, 3.8) is 0 Å². The van der Waals surface area contributed by atoms with Gasteiger partial charge in [-0.25, -0.2) is 4.39 Å². The smallest absolute Gasteiger partial charge is 0.128 e. The predicted molar refractivity (Wildman–Crippen MR) is 60.4 cm³/mol. The molecule has 1 heterocycles. The highest BCUT2D eigenvalue weighted by molar-refractivity contribution is 5.98. The Labute approximate surface area is 87.1 Å². The molecule has 2 aromatic rings. The number of anilines is 2. The number of hydrogen-bond donors (Lipinski definition) is 2. The quantitative estimate of drug-likeness (QED) is 0.751. The molecule has 0 fully saturated rings. The molecule has 3 N–H and O–H groups in total. The van der Waals surface area contributed by atoms with Crippen LogP contribution in [0, 0.1) is 12.7 Å². The minimum Gasteiger partial charge on any atom is -0.396 e. The molecule has 0 unspecified atom stereocenters. The van der Waals surface area contributed by atoms with E-state index in [1.807, 2.05) is 0 Å². The number of benzene rings is 1. The van der Waals surface area contributed by atoms with Crippen molar-refractivity contribution in [3.05, 3.63) is 29.7 Å². The summed E-state index contributed by atoms with van der Waals surface area (Å²) in [4.78, 5) is 4.14. The normalized spacial score (nSPS) is 10.6. The van der Waals surface area contributed by atoms with Crippen molar-refractivity contribution in [3.8, 4) is 0 Å². The molecule has 0 spiro atoms. The first-order valence-corrected chi connectivity index (χ1v) is 4.66. The fraction of sp³-hybridized carbons (Fsp3) is 0.182. The fourth-order valence-electron chi connectivity index (χ4n) is 1.68. The first-order chi connectivity index (χ1) is 7.15. The number of nitrogens with one attached hydrogen (secondary N) is 1. The molecule has 1 aromatic heterocycles. The molecule has 0 aliphatic rings. The van der Waals surface area contributed by atoms with E-state index in [9.17, 15) is 4.39 Å². The second-order valence-corrected chi connectivity index (χ2v) is 3.41. The van der Waals surface area contributed by atoms with Crippen LogP contribution in [0.4, 0.5) is 15.8 Å². The molecule has 0 aliphatic carbocycles. The van der Waals surface area contributed by atoms with Gasteiger partial charge in [-0.3, -0.25) is 4.98 Å². The molecule has 4 heteroatoms. The highest BCUT2D eigenvalue weighted by Gasteiger charge is 2.09. The van der Waals surface area contributed by atoms with Crippen LogP contribution >= 0.6 is 0 Å². The lowest BCUT2D eigenvalue weighted by atomic mass is 10.1. The van der Waals surface area contributed by atoms with E-state index >= 15 is 0 Å². The van der Waals surface area contributed by atoms with Gasteiger partial charge in [0, 0.05) is 18.0 Å². The number of hydrogen-bond acceptors (Lipinski definition) is 3. The molecule has 0 bridgehead atoms. The van der Waals surface area contributed by atoms with Crippen LogP contribution in [0.3, 0.4) is 0 Å². The lowest BCUT2D eigenvalue weighted by Gasteiger charge is -2.10. The summed E-state index contributed by atoms with van der Waals surface area (Å²) in [6.45, 7) is 1.71. The van der Waals surface area contributed by atoms with Gasteiger partial charge in [-0.15, -0.1) is 0 Å². The largest absolute Gasteiger partial charge is 0.396 e. The van der Waals surface area contributed by atoms with Crippen LogP contribution in [0.2, 0.25) is 0 Å². The zero-order chi connectivity index (χ0) is 11.0. The average Bonchev–Trinajstić information content (AvgIpc) is 2.23. The predicted octanol–water partition coefficient (Wildman–Crippen LogP) is 2.31. The summed E-state index contributed by atoms with van der Waals surface area (Å²) in [6, 6.07) is 3.12. The van der Waals surface area contributed by atoms with E-state index < -0.39 is 0 Å². The molecule has 0 saturated carbocycles. The third-order valence-corrected chi connectivity index (χ3v) is 2.51. The van der Waals surface area contributed by atoms with Gasteiger partial charge in [0.25, 0.3) is 0 Å². The van der Waals surface area contributed by atoms with E-state index in [1.54, 1.807) is 26.2 Å². The highest BCUT2D eigenvalue weighted by Crippen LogP contribution is 2.29. The third-order valence-electron chi connectivity index (χ3n) is 2.51. The van der Waals surface area contributed by atoms with Gasteiger partial charge in [-0.2, -0.15) is 0 Å². The Morgan fingerprint density at radius 1 is 1.40 bits per heavy atom. The number of nitrogens with zero attached hydrogens (tertiary/aromatic N) is 1. The Morgan fingerprint density at radius 3 is 2.80 bits per heavy atom. The van der Waals surface area contributed by atoms with Crippen molar-refractivity contribution in [2.24, 2.45) is 0 Å². The molecule has 1 aromatic carbocycles. The van der Waals surface area contributed by atoms with Crippen LogP contribution in [0.1, 0.15) is 5.56 Å². The van der Waals surface area contributed by atoms with Crippen LogP contribution in [0.25, 0.3) is 10.9 Å². The molecular formula is C11H12FN3. The number of aromatic nitrogens is 1. The van der Waals surface area contributed by atoms with E-state index in [0.717, 1.165) is 11.1 Å². The van der Waals surface area contributed by atoms with Gasteiger partial charge in [0.15, 0.2) is 0 Å². The molecule has 0 radical (unpaired) electrons. The number of aryl methyl sites for hydroxylation is 1. The monoisotopic (exact) mass is 205 g/mol. The number of nitrogen functional groups attached to an aromatic ring is 1. The van der Waals surface area contributed by atoms with E-state index in [4.69, 9.17) is 5.73 Å². The topological polar surface area (TPSA) is 50.9 Å². The first kappa shape index (κ1) is 9.71. The van der Waals surface area contributed by atoms with E-state index in [-0.39, 0.29) is 5.82 Å². The van der Waals surface area contributed by atoms with Gasteiger partial charge in [-0.05, 0) is 19.1 Å². The van der Waals surface area contributed by atoms with E-state index in [0.29, 0.717) is 16.8 Å². The van der Waals surface area contributed by atoms with Crippen LogP contribution in [-0.2, 0) is 0 Å². The molecule has 0 amide bonds. The number of pyridine rings is 1. The van der Waals surface area contributed by atoms with Gasteiger partial charge >= 0.3 is 0 Å². The number of nitrogens with two attached hydrogens (primary N) is 1. The zero-order valence-corrected chi connectivity index (χ0v) is 8.63. The molecular weight excluding hydrogens is 193 g/mol. The van der Waals surface area contributed by atoms with E-state index in [2.05, 4.69) is 10.3 Å². The number of halogens is 1. The minimum absolute atomic E-state index is 0.248. The molecule has 15 heavy (non-hydrogen) atoms. The summed E-state index contributed by atoms with van der Waals surface area (Å²) >= 11 is 0. The Morgan fingerprint density at radius 2 is 2.13 bits per heavy atom. The number of rotatable bonds is 1. The van der Waals surface area contributed by atoms with E-state index in [1.165, 1.54) is 6.07 Å². The minimum atomic E-state index is -0.248. The fourth-order valence-corrected chi connectivity index (χ4v) is 1.68. The van der Waals surface area contributed by atoms with Crippen molar-refractivity contribution < 1.29 is 4.39 Å². The van der Waals surface area contributed by atoms with Crippen molar-refractivity contribution >= 4 is 22.3 Å². The SMILES string of the molecule is CNc1c(N)cnc2c(C)c(F)ccc12. The van der Waals surface area contributed by atoms with Crippen LogP contribution < -0.4 is 11.1 Å². The lowest BCUT2D eigenvalue weighted by Crippen LogP contribution is -1.99. The Bertz CT molecular complexity index is 523. The van der Waals surface area contributed by atoms with Crippen molar-refractivity contribution in [1.82, 2.24) is 4.98 Å².